The zero-order valence-electron chi connectivity index (χ0n) is 13.6. The highest BCUT2D eigenvalue weighted by molar-refractivity contribution is 5.80. The van der Waals surface area contributed by atoms with Crippen LogP contribution in [0.2, 0.25) is 0 Å². The maximum Gasteiger partial charge on any atom is 0.119 e. The molecule has 1 unspecified atom stereocenters. The van der Waals surface area contributed by atoms with Crippen molar-refractivity contribution in [1.82, 2.24) is 15.0 Å². The van der Waals surface area contributed by atoms with Crippen molar-refractivity contribution in [2.24, 2.45) is 0 Å². The summed E-state index contributed by atoms with van der Waals surface area (Å²) in [6.07, 6.45) is -0.796. The molecule has 2 aromatic carbocycles. The first-order valence-electron chi connectivity index (χ1n) is 7.65. The summed E-state index contributed by atoms with van der Waals surface area (Å²) in [7, 11) is 1.63. The van der Waals surface area contributed by atoms with Crippen LogP contribution in [0.25, 0.3) is 16.7 Å². The predicted molar refractivity (Wildman–Crippen MR) is 91.7 cm³/mol. The van der Waals surface area contributed by atoms with Gasteiger partial charge < -0.3 is 20.3 Å². The molecule has 3 rings (SSSR count). The van der Waals surface area contributed by atoms with Crippen LogP contribution in [0.1, 0.15) is 5.56 Å². The van der Waals surface area contributed by atoms with Crippen LogP contribution in [0, 0.1) is 6.92 Å². The first kappa shape index (κ1) is 16.2. The predicted octanol–water partition coefficient (Wildman–Crippen LogP) is 1.50. The van der Waals surface area contributed by atoms with Crippen LogP contribution in [-0.2, 0) is 0 Å². The van der Waals surface area contributed by atoms with E-state index >= 15 is 0 Å². The second kappa shape index (κ2) is 6.86. The highest BCUT2D eigenvalue weighted by Gasteiger charge is 2.10. The maximum atomic E-state index is 9.46. The third-order valence-corrected chi connectivity index (χ3v) is 3.77. The van der Waals surface area contributed by atoms with E-state index in [9.17, 15) is 5.11 Å². The standard InChI is InChI=1S/C17H20N4O3/c1-11-7-16-17(8-15(11)18-9-13(23)10-22)20-21(19-16)12-3-5-14(24-2)6-4-12/h3-8,13,18,22-23H,9-10H2,1-2H3. The van der Waals surface area contributed by atoms with Gasteiger partial charge in [0.15, 0.2) is 0 Å². The number of nitrogens with one attached hydrogen (secondary N) is 1. The van der Waals surface area contributed by atoms with Gasteiger partial charge in [0.25, 0.3) is 0 Å². The number of hydrogen-bond donors (Lipinski definition) is 3. The van der Waals surface area contributed by atoms with Crippen LogP contribution in [-0.4, -0.2) is 51.6 Å². The summed E-state index contributed by atoms with van der Waals surface area (Å²) in [5.41, 5.74) is 4.23. The van der Waals surface area contributed by atoms with Gasteiger partial charge in [-0.1, -0.05) is 0 Å². The lowest BCUT2D eigenvalue weighted by Gasteiger charge is -2.12. The number of hydrogen-bond acceptors (Lipinski definition) is 6. The summed E-state index contributed by atoms with van der Waals surface area (Å²) in [5, 5.41) is 30.5. The lowest BCUT2D eigenvalue weighted by molar-refractivity contribution is 0.105. The molecule has 0 radical (unpaired) electrons. The second-order valence-corrected chi connectivity index (χ2v) is 5.56. The van der Waals surface area contributed by atoms with Gasteiger partial charge >= 0.3 is 0 Å². The Kier molecular flexibility index (Phi) is 4.64. The van der Waals surface area contributed by atoms with Crippen molar-refractivity contribution in [3.05, 3.63) is 42.0 Å². The van der Waals surface area contributed by atoms with E-state index in [0.717, 1.165) is 33.7 Å². The molecule has 0 fully saturated rings. The minimum atomic E-state index is -0.796. The number of aromatic nitrogens is 3. The van der Waals surface area contributed by atoms with E-state index in [0.29, 0.717) is 0 Å². The molecule has 0 spiro atoms. The number of aryl methyl sites for hydroxylation is 1. The number of anilines is 1. The van der Waals surface area contributed by atoms with Crippen LogP contribution in [0.4, 0.5) is 5.69 Å². The molecular formula is C17H20N4O3. The Bertz CT molecular complexity index is 830. The topological polar surface area (TPSA) is 92.4 Å². The van der Waals surface area contributed by atoms with Crippen molar-refractivity contribution in [1.29, 1.82) is 0 Å². The molecule has 1 atom stereocenters. The zero-order chi connectivity index (χ0) is 17.1. The van der Waals surface area contributed by atoms with E-state index in [-0.39, 0.29) is 13.2 Å². The number of aliphatic hydroxyl groups excluding tert-OH is 2. The number of fused-ring (bicyclic) bond motifs is 1. The molecule has 3 N–H and O–H groups in total. The molecule has 7 nitrogen and oxygen atoms in total. The van der Waals surface area contributed by atoms with Crippen molar-refractivity contribution in [3.63, 3.8) is 0 Å². The molecule has 126 valence electrons. The SMILES string of the molecule is COc1ccc(-n2nc3cc(C)c(NCC(O)CO)cc3n2)cc1. The van der Waals surface area contributed by atoms with E-state index < -0.39 is 6.10 Å². The molecule has 0 aliphatic heterocycles. The fourth-order valence-electron chi connectivity index (χ4n) is 2.38. The van der Waals surface area contributed by atoms with Crippen molar-refractivity contribution in [2.45, 2.75) is 13.0 Å². The number of methoxy groups -OCH3 is 1. The number of benzene rings is 2. The van der Waals surface area contributed by atoms with Crippen LogP contribution >= 0.6 is 0 Å². The molecule has 0 saturated heterocycles. The van der Waals surface area contributed by atoms with Crippen LogP contribution in [0.5, 0.6) is 5.75 Å². The largest absolute Gasteiger partial charge is 0.497 e. The Labute approximate surface area is 139 Å². The van der Waals surface area contributed by atoms with Crippen molar-refractivity contribution in [2.75, 3.05) is 25.6 Å². The molecular weight excluding hydrogens is 308 g/mol. The highest BCUT2D eigenvalue weighted by Crippen LogP contribution is 2.22. The quantitative estimate of drug-likeness (QED) is 0.635. The number of aliphatic hydroxyl groups is 2. The Balaban J connectivity index is 1.89. The second-order valence-electron chi connectivity index (χ2n) is 5.56. The van der Waals surface area contributed by atoms with E-state index in [1.165, 1.54) is 0 Å². The fraction of sp³-hybridized carbons (Fsp3) is 0.294. The van der Waals surface area contributed by atoms with Crippen molar-refractivity contribution >= 4 is 16.7 Å². The summed E-state index contributed by atoms with van der Waals surface area (Å²) in [6, 6.07) is 11.3. The van der Waals surface area contributed by atoms with Crippen molar-refractivity contribution < 1.29 is 14.9 Å². The van der Waals surface area contributed by atoms with E-state index in [4.69, 9.17) is 9.84 Å². The molecule has 24 heavy (non-hydrogen) atoms. The summed E-state index contributed by atoms with van der Waals surface area (Å²) in [5.74, 6) is 0.778. The average Bonchev–Trinajstić information content (AvgIpc) is 3.02. The number of nitrogens with zero attached hydrogens (tertiary/aromatic N) is 3. The van der Waals surface area contributed by atoms with Gasteiger partial charge in [-0.3, -0.25) is 0 Å². The Morgan fingerprint density at radius 2 is 1.83 bits per heavy atom. The van der Waals surface area contributed by atoms with Gasteiger partial charge in [0.05, 0.1) is 25.5 Å². The lowest BCUT2D eigenvalue weighted by atomic mass is 10.1. The van der Waals surface area contributed by atoms with Crippen molar-refractivity contribution in [3.8, 4) is 11.4 Å². The van der Waals surface area contributed by atoms with Gasteiger partial charge in [-0.05, 0) is 48.9 Å². The molecule has 3 aromatic rings. The summed E-state index contributed by atoms with van der Waals surface area (Å²) in [6.45, 7) is 1.96. The van der Waals surface area contributed by atoms with Crippen LogP contribution in [0.3, 0.4) is 0 Å². The summed E-state index contributed by atoms with van der Waals surface area (Å²) < 4.78 is 5.15. The summed E-state index contributed by atoms with van der Waals surface area (Å²) >= 11 is 0. The number of rotatable bonds is 6. The maximum absolute atomic E-state index is 9.46. The van der Waals surface area contributed by atoms with Crippen LogP contribution in [0.15, 0.2) is 36.4 Å². The van der Waals surface area contributed by atoms with Gasteiger partial charge in [0.2, 0.25) is 0 Å². The molecule has 0 saturated carbocycles. The molecule has 1 heterocycles. The minimum Gasteiger partial charge on any atom is -0.497 e. The fourth-order valence-corrected chi connectivity index (χ4v) is 2.38. The third-order valence-electron chi connectivity index (χ3n) is 3.77. The highest BCUT2D eigenvalue weighted by atomic mass is 16.5. The van der Waals surface area contributed by atoms with Gasteiger partial charge in [-0.2, -0.15) is 4.80 Å². The normalized spacial score (nSPS) is 12.3. The van der Waals surface area contributed by atoms with E-state index in [2.05, 4.69) is 15.5 Å². The van der Waals surface area contributed by atoms with Crippen LogP contribution < -0.4 is 10.1 Å². The Morgan fingerprint density at radius 3 is 2.46 bits per heavy atom. The Morgan fingerprint density at radius 1 is 1.17 bits per heavy atom. The summed E-state index contributed by atoms with van der Waals surface area (Å²) in [4.78, 5) is 1.58. The van der Waals surface area contributed by atoms with Gasteiger partial charge in [0, 0.05) is 12.2 Å². The monoisotopic (exact) mass is 328 g/mol. The first-order chi connectivity index (χ1) is 11.6. The minimum absolute atomic E-state index is 0.273. The van der Waals surface area contributed by atoms with E-state index in [1.54, 1.807) is 11.9 Å². The molecule has 0 amide bonds. The Hall–Kier alpha value is -2.64. The third kappa shape index (κ3) is 3.32. The lowest BCUT2D eigenvalue weighted by Crippen LogP contribution is -2.23. The van der Waals surface area contributed by atoms with Gasteiger partial charge in [0.1, 0.15) is 16.8 Å². The molecule has 0 aliphatic carbocycles. The number of ether oxygens (including phenoxy) is 1. The smallest absolute Gasteiger partial charge is 0.119 e. The zero-order valence-corrected chi connectivity index (χ0v) is 13.6. The average molecular weight is 328 g/mol. The van der Waals surface area contributed by atoms with E-state index in [1.807, 2.05) is 43.3 Å². The molecule has 0 bridgehead atoms. The van der Waals surface area contributed by atoms with Gasteiger partial charge in [-0.15, -0.1) is 10.2 Å². The first-order valence-corrected chi connectivity index (χ1v) is 7.65. The molecule has 1 aromatic heterocycles. The molecule has 7 heteroatoms. The van der Waals surface area contributed by atoms with Gasteiger partial charge in [-0.25, -0.2) is 0 Å². The molecule has 0 aliphatic rings.